The molecule has 2 rings (SSSR count). The average Bonchev–Trinajstić information content (AvgIpc) is 2.45. The molecule has 2 nitrogen and oxygen atoms in total. The molecule has 1 atom stereocenters. The normalized spacial score (nSPS) is 12.2. The maximum atomic E-state index is 5.91. The van der Waals surface area contributed by atoms with Gasteiger partial charge in [-0.25, -0.2) is 0 Å². The van der Waals surface area contributed by atoms with Gasteiger partial charge in [0.15, 0.2) is 0 Å². The highest BCUT2D eigenvalue weighted by Gasteiger charge is 2.06. The first-order chi connectivity index (χ1) is 9.20. The second-order valence-corrected chi connectivity index (χ2v) is 4.78. The van der Waals surface area contributed by atoms with Crippen molar-refractivity contribution in [3.63, 3.8) is 0 Å². The van der Waals surface area contributed by atoms with E-state index in [1.807, 2.05) is 37.3 Å². The highest BCUT2D eigenvalue weighted by Crippen LogP contribution is 2.24. The van der Waals surface area contributed by atoms with Gasteiger partial charge in [-0.1, -0.05) is 49.4 Å². The lowest BCUT2D eigenvalue weighted by Crippen LogP contribution is -2.06. The number of rotatable bonds is 5. The van der Waals surface area contributed by atoms with Gasteiger partial charge in [0, 0.05) is 6.04 Å². The van der Waals surface area contributed by atoms with E-state index in [0.29, 0.717) is 6.61 Å². The molecule has 0 aromatic heterocycles. The van der Waals surface area contributed by atoms with Crippen molar-refractivity contribution in [1.82, 2.24) is 0 Å². The molecule has 2 aromatic carbocycles. The molecular formula is C17H21NO. The van der Waals surface area contributed by atoms with Gasteiger partial charge < -0.3 is 10.5 Å². The Bertz CT molecular complexity index is 520. The Morgan fingerprint density at radius 1 is 1.11 bits per heavy atom. The average molecular weight is 255 g/mol. The molecule has 0 bridgehead atoms. The first-order valence-electron chi connectivity index (χ1n) is 6.76. The largest absolute Gasteiger partial charge is 0.489 e. The van der Waals surface area contributed by atoms with E-state index < -0.39 is 0 Å². The minimum absolute atomic E-state index is 0.0634. The van der Waals surface area contributed by atoms with E-state index in [4.69, 9.17) is 10.5 Å². The standard InChI is InChI=1S/C17H21NO/c1-3-15-11-16(13(2)18)9-10-17(15)19-12-14-7-5-4-6-8-14/h4-11,13H,3,12,18H2,1-2H3. The van der Waals surface area contributed by atoms with Crippen molar-refractivity contribution in [2.24, 2.45) is 5.73 Å². The van der Waals surface area contributed by atoms with Gasteiger partial charge in [0.05, 0.1) is 0 Å². The summed E-state index contributed by atoms with van der Waals surface area (Å²) in [7, 11) is 0. The summed E-state index contributed by atoms with van der Waals surface area (Å²) in [5.74, 6) is 0.954. The summed E-state index contributed by atoms with van der Waals surface area (Å²) in [6, 6.07) is 16.5. The first-order valence-corrected chi connectivity index (χ1v) is 6.76. The van der Waals surface area contributed by atoms with E-state index in [0.717, 1.165) is 17.7 Å². The molecule has 100 valence electrons. The van der Waals surface area contributed by atoms with E-state index in [2.05, 4.69) is 25.1 Å². The van der Waals surface area contributed by atoms with Crippen LogP contribution in [0.15, 0.2) is 48.5 Å². The smallest absolute Gasteiger partial charge is 0.123 e. The van der Waals surface area contributed by atoms with Gasteiger partial charge in [0.25, 0.3) is 0 Å². The van der Waals surface area contributed by atoms with Gasteiger partial charge in [-0.05, 0) is 36.1 Å². The van der Waals surface area contributed by atoms with Crippen molar-refractivity contribution < 1.29 is 4.74 Å². The van der Waals surface area contributed by atoms with Gasteiger partial charge in [-0.15, -0.1) is 0 Å². The van der Waals surface area contributed by atoms with E-state index in [1.54, 1.807) is 0 Å². The van der Waals surface area contributed by atoms with Crippen LogP contribution < -0.4 is 10.5 Å². The third-order valence-electron chi connectivity index (χ3n) is 3.23. The number of hydrogen-bond acceptors (Lipinski definition) is 2. The molecule has 0 aliphatic heterocycles. The second kappa shape index (κ2) is 6.39. The molecule has 2 aromatic rings. The zero-order valence-electron chi connectivity index (χ0n) is 11.6. The molecule has 2 N–H and O–H groups in total. The maximum absolute atomic E-state index is 5.91. The molecule has 2 heteroatoms. The van der Waals surface area contributed by atoms with Gasteiger partial charge >= 0.3 is 0 Å². The van der Waals surface area contributed by atoms with Crippen molar-refractivity contribution in [3.05, 3.63) is 65.2 Å². The molecule has 0 spiro atoms. The monoisotopic (exact) mass is 255 g/mol. The van der Waals surface area contributed by atoms with Gasteiger partial charge in [-0.2, -0.15) is 0 Å². The fraction of sp³-hybridized carbons (Fsp3) is 0.294. The van der Waals surface area contributed by atoms with Crippen LogP contribution in [0.3, 0.4) is 0 Å². The molecule has 0 fully saturated rings. The number of aryl methyl sites for hydroxylation is 1. The minimum atomic E-state index is 0.0634. The third-order valence-corrected chi connectivity index (χ3v) is 3.23. The van der Waals surface area contributed by atoms with Crippen molar-refractivity contribution >= 4 is 0 Å². The first kappa shape index (κ1) is 13.6. The maximum Gasteiger partial charge on any atom is 0.123 e. The number of ether oxygens (including phenoxy) is 1. The quantitative estimate of drug-likeness (QED) is 0.880. The molecule has 0 saturated heterocycles. The van der Waals surface area contributed by atoms with Crippen LogP contribution in [-0.4, -0.2) is 0 Å². The summed E-state index contributed by atoms with van der Waals surface area (Å²) in [4.78, 5) is 0. The van der Waals surface area contributed by atoms with Crippen LogP contribution in [0.2, 0.25) is 0 Å². The highest BCUT2D eigenvalue weighted by atomic mass is 16.5. The Morgan fingerprint density at radius 3 is 2.47 bits per heavy atom. The Labute approximate surface area is 115 Å². The summed E-state index contributed by atoms with van der Waals surface area (Å²) in [6.07, 6.45) is 0.949. The van der Waals surface area contributed by atoms with E-state index in [9.17, 15) is 0 Å². The molecule has 0 amide bonds. The van der Waals surface area contributed by atoms with Crippen LogP contribution >= 0.6 is 0 Å². The number of benzene rings is 2. The van der Waals surface area contributed by atoms with Crippen LogP contribution in [0.1, 0.15) is 36.6 Å². The van der Waals surface area contributed by atoms with E-state index >= 15 is 0 Å². The molecule has 1 unspecified atom stereocenters. The van der Waals surface area contributed by atoms with Gasteiger partial charge in [-0.3, -0.25) is 0 Å². The molecular weight excluding hydrogens is 234 g/mol. The summed E-state index contributed by atoms with van der Waals surface area (Å²) < 4.78 is 5.91. The zero-order valence-corrected chi connectivity index (χ0v) is 11.6. The van der Waals surface area contributed by atoms with Crippen molar-refractivity contribution in [3.8, 4) is 5.75 Å². The predicted molar refractivity (Wildman–Crippen MR) is 79.2 cm³/mol. The third kappa shape index (κ3) is 3.58. The number of hydrogen-bond donors (Lipinski definition) is 1. The summed E-state index contributed by atoms with van der Waals surface area (Å²) in [6.45, 7) is 4.74. The summed E-state index contributed by atoms with van der Waals surface area (Å²) in [5, 5.41) is 0. The van der Waals surface area contributed by atoms with Crippen LogP contribution in [0.5, 0.6) is 5.75 Å². The fourth-order valence-corrected chi connectivity index (χ4v) is 2.04. The topological polar surface area (TPSA) is 35.2 Å². The molecule has 0 heterocycles. The SMILES string of the molecule is CCc1cc(C(C)N)ccc1OCc1ccccc1. The molecule has 0 radical (unpaired) electrons. The van der Waals surface area contributed by atoms with Gasteiger partial charge in [0.1, 0.15) is 12.4 Å². The van der Waals surface area contributed by atoms with Crippen LogP contribution in [0.25, 0.3) is 0 Å². The predicted octanol–water partition coefficient (Wildman–Crippen LogP) is 3.85. The van der Waals surface area contributed by atoms with E-state index in [-0.39, 0.29) is 6.04 Å². The van der Waals surface area contributed by atoms with Crippen LogP contribution in [0.4, 0.5) is 0 Å². The Kier molecular flexibility index (Phi) is 4.58. The Morgan fingerprint density at radius 2 is 1.84 bits per heavy atom. The molecule has 0 saturated carbocycles. The van der Waals surface area contributed by atoms with Crippen molar-refractivity contribution in [2.45, 2.75) is 32.9 Å². The lowest BCUT2D eigenvalue weighted by molar-refractivity contribution is 0.303. The van der Waals surface area contributed by atoms with Crippen LogP contribution in [0, 0.1) is 0 Å². The molecule has 0 aliphatic carbocycles. The zero-order chi connectivity index (χ0) is 13.7. The molecule has 0 aliphatic rings. The van der Waals surface area contributed by atoms with Crippen molar-refractivity contribution in [2.75, 3.05) is 0 Å². The lowest BCUT2D eigenvalue weighted by Gasteiger charge is -2.13. The fourth-order valence-electron chi connectivity index (χ4n) is 2.04. The second-order valence-electron chi connectivity index (χ2n) is 4.78. The minimum Gasteiger partial charge on any atom is -0.489 e. The summed E-state index contributed by atoms with van der Waals surface area (Å²) >= 11 is 0. The summed E-state index contributed by atoms with van der Waals surface area (Å²) in [5.41, 5.74) is 9.46. The van der Waals surface area contributed by atoms with Crippen molar-refractivity contribution in [1.29, 1.82) is 0 Å². The van der Waals surface area contributed by atoms with Crippen LogP contribution in [-0.2, 0) is 13.0 Å². The Hall–Kier alpha value is -1.80. The lowest BCUT2D eigenvalue weighted by atomic mass is 10.0. The van der Waals surface area contributed by atoms with Gasteiger partial charge in [0.2, 0.25) is 0 Å². The number of nitrogens with two attached hydrogens (primary N) is 1. The highest BCUT2D eigenvalue weighted by molar-refractivity contribution is 5.38. The molecule has 19 heavy (non-hydrogen) atoms. The Balaban J connectivity index is 2.12. The van der Waals surface area contributed by atoms with E-state index in [1.165, 1.54) is 11.1 Å².